The first-order valence-corrected chi connectivity index (χ1v) is 14.1. The molecule has 33 heavy (non-hydrogen) atoms. The lowest BCUT2D eigenvalue weighted by molar-refractivity contribution is -0.120. The number of nitrogens with one attached hydrogen (secondary N) is 1. The predicted molar refractivity (Wildman–Crippen MR) is 133 cm³/mol. The number of carbonyl (C=O) groups is 1. The summed E-state index contributed by atoms with van der Waals surface area (Å²) in [5, 5.41) is 11.6. The number of nitrogens with zero attached hydrogens (tertiary/aromatic N) is 3. The molecule has 1 aromatic heterocycles. The van der Waals surface area contributed by atoms with Crippen LogP contribution in [0.15, 0.2) is 58.9 Å². The largest absolute Gasteiger partial charge is 0.300 e. The zero-order valence-corrected chi connectivity index (χ0v) is 20.8. The predicted octanol–water partition coefficient (Wildman–Crippen LogP) is 4.32. The fraction of sp³-hybridized carbons (Fsp3) is 0.348. The Balaban J connectivity index is 1.25. The summed E-state index contributed by atoms with van der Waals surface area (Å²) in [7, 11) is -3.40. The molecular formula is C23H26N4O3S3. The Morgan fingerprint density at radius 1 is 1.06 bits per heavy atom. The molecular weight excluding hydrogens is 476 g/mol. The molecule has 1 fully saturated rings. The van der Waals surface area contributed by atoms with E-state index in [9.17, 15) is 13.2 Å². The molecule has 3 aromatic rings. The third kappa shape index (κ3) is 6.63. The topological polar surface area (TPSA) is 92.3 Å². The van der Waals surface area contributed by atoms with Gasteiger partial charge in [0.1, 0.15) is 0 Å². The van der Waals surface area contributed by atoms with Gasteiger partial charge in [-0.15, -0.1) is 10.2 Å². The first-order chi connectivity index (χ1) is 15.9. The summed E-state index contributed by atoms with van der Waals surface area (Å²) in [5.74, 6) is 0.415. The summed E-state index contributed by atoms with van der Waals surface area (Å²) in [6.45, 7) is 2.67. The molecule has 4 rings (SSSR count). The number of anilines is 1. The lowest BCUT2D eigenvalue weighted by atomic mass is 9.97. The van der Waals surface area contributed by atoms with Gasteiger partial charge >= 0.3 is 0 Å². The molecule has 0 bridgehead atoms. The molecule has 1 N–H and O–H groups in total. The average Bonchev–Trinajstić information content (AvgIpc) is 3.27. The molecule has 7 nitrogen and oxygen atoms in total. The number of aryl methyl sites for hydroxylation is 1. The molecule has 0 spiro atoms. The van der Waals surface area contributed by atoms with Gasteiger partial charge in [-0.25, -0.2) is 12.7 Å². The van der Waals surface area contributed by atoms with Crippen LogP contribution < -0.4 is 5.32 Å². The molecule has 1 saturated heterocycles. The van der Waals surface area contributed by atoms with Crippen LogP contribution in [-0.4, -0.2) is 41.9 Å². The molecule has 174 valence electrons. The molecule has 0 unspecified atom stereocenters. The van der Waals surface area contributed by atoms with Crippen LogP contribution in [0.3, 0.4) is 0 Å². The summed E-state index contributed by atoms with van der Waals surface area (Å²) < 4.78 is 27.9. The van der Waals surface area contributed by atoms with Gasteiger partial charge < -0.3 is 5.32 Å². The van der Waals surface area contributed by atoms with E-state index in [2.05, 4.69) is 27.6 Å². The number of sulfonamides is 1. The maximum atomic E-state index is 12.8. The van der Waals surface area contributed by atoms with Crippen LogP contribution in [-0.2, 0) is 26.3 Å². The van der Waals surface area contributed by atoms with Gasteiger partial charge in [0.25, 0.3) is 0 Å². The third-order valence-electron chi connectivity index (χ3n) is 5.53. The van der Waals surface area contributed by atoms with Crippen molar-refractivity contribution in [2.75, 3.05) is 18.4 Å². The average molecular weight is 503 g/mol. The molecule has 10 heteroatoms. The van der Waals surface area contributed by atoms with E-state index < -0.39 is 10.0 Å². The van der Waals surface area contributed by atoms with Crippen LogP contribution in [0.2, 0.25) is 0 Å². The van der Waals surface area contributed by atoms with E-state index in [0.717, 1.165) is 21.2 Å². The van der Waals surface area contributed by atoms with E-state index >= 15 is 0 Å². The minimum absolute atomic E-state index is 0.0155. The number of hydrogen-bond acceptors (Lipinski definition) is 7. The molecule has 0 atom stereocenters. The lowest BCUT2D eigenvalue weighted by Gasteiger charge is -2.30. The Labute approximate surface area is 202 Å². The van der Waals surface area contributed by atoms with Crippen molar-refractivity contribution >= 4 is 44.2 Å². The second-order valence-corrected chi connectivity index (χ2v) is 12.2. The Morgan fingerprint density at radius 2 is 1.76 bits per heavy atom. The van der Waals surface area contributed by atoms with Gasteiger partial charge in [-0.05, 0) is 30.9 Å². The fourth-order valence-corrected chi connectivity index (χ4v) is 6.90. The molecule has 0 saturated carbocycles. The number of piperidine rings is 1. The second-order valence-electron chi connectivity index (χ2n) is 8.05. The first-order valence-electron chi connectivity index (χ1n) is 10.7. The number of amides is 1. The Kier molecular flexibility index (Phi) is 7.79. The lowest BCUT2D eigenvalue weighted by Crippen LogP contribution is -2.41. The minimum Gasteiger partial charge on any atom is -0.300 e. The van der Waals surface area contributed by atoms with E-state index in [0.29, 0.717) is 31.1 Å². The van der Waals surface area contributed by atoms with Gasteiger partial charge in [-0.3, -0.25) is 4.79 Å². The van der Waals surface area contributed by atoms with Crippen LogP contribution in [0.5, 0.6) is 0 Å². The SMILES string of the molecule is Cc1ccc(CS(=O)(=O)N2CCC(C(=O)Nc3nnc(SCc4ccccc4)s3)CC2)cc1. The Morgan fingerprint density at radius 3 is 2.45 bits per heavy atom. The summed E-state index contributed by atoms with van der Waals surface area (Å²) in [6, 6.07) is 17.6. The van der Waals surface area contributed by atoms with E-state index in [4.69, 9.17) is 0 Å². The van der Waals surface area contributed by atoms with Crippen molar-refractivity contribution in [2.24, 2.45) is 5.92 Å². The highest BCUT2D eigenvalue weighted by Gasteiger charge is 2.31. The second kappa shape index (κ2) is 10.8. The monoisotopic (exact) mass is 502 g/mol. The summed E-state index contributed by atoms with van der Waals surface area (Å²) >= 11 is 2.94. The molecule has 1 aliphatic rings. The van der Waals surface area contributed by atoms with Gasteiger partial charge in [-0.2, -0.15) is 0 Å². The van der Waals surface area contributed by atoms with Crippen molar-refractivity contribution in [3.05, 3.63) is 71.3 Å². The number of aromatic nitrogens is 2. The summed E-state index contributed by atoms with van der Waals surface area (Å²) in [5.41, 5.74) is 3.07. The molecule has 0 aliphatic carbocycles. The van der Waals surface area contributed by atoms with Gasteiger partial charge in [-0.1, -0.05) is 83.3 Å². The highest BCUT2D eigenvalue weighted by atomic mass is 32.2. The van der Waals surface area contributed by atoms with Crippen LogP contribution in [0.25, 0.3) is 0 Å². The highest BCUT2D eigenvalue weighted by molar-refractivity contribution is 8.00. The number of benzene rings is 2. The standard InChI is InChI=1S/C23H26N4O3S3/c1-17-7-9-19(10-8-17)16-33(29,30)27-13-11-20(12-14-27)21(28)24-22-25-26-23(32-22)31-15-18-5-3-2-4-6-18/h2-10,20H,11-16H2,1H3,(H,24,25,28). The molecule has 0 radical (unpaired) electrons. The number of rotatable bonds is 8. The Hall–Kier alpha value is -2.27. The molecule has 2 heterocycles. The first kappa shape index (κ1) is 23.9. The molecule has 1 amide bonds. The molecule has 1 aliphatic heterocycles. The van der Waals surface area contributed by atoms with E-state index in [-0.39, 0.29) is 17.6 Å². The molecule has 2 aromatic carbocycles. The van der Waals surface area contributed by atoms with E-state index in [1.807, 2.05) is 49.4 Å². The number of hydrogen-bond donors (Lipinski definition) is 1. The van der Waals surface area contributed by atoms with Crippen molar-refractivity contribution < 1.29 is 13.2 Å². The zero-order valence-electron chi connectivity index (χ0n) is 18.3. The summed E-state index contributed by atoms with van der Waals surface area (Å²) in [4.78, 5) is 12.7. The van der Waals surface area contributed by atoms with Crippen LogP contribution in [0.1, 0.15) is 29.5 Å². The quantitative estimate of drug-likeness (QED) is 0.364. The van der Waals surface area contributed by atoms with Crippen LogP contribution >= 0.6 is 23.1 Å². The summed E-state index contributed by atoms with van der Waals surface area (Å²) in [6.07, 6.45) is 0.987. The van der Waals surface area contributed by atoms with Gasteiger partial charge in [0.2, 0.25) is 21.1 Å². The number of carbonyl (C=O) groups excluding carboxylic acids is 1. The van der Waals surface area contributed by atoms with Crippen molar-refractivity contribution in [2.45, 2.75) is 35.6 Å². The van der Waals surface area contributed by atoms with Gasteiger partial charge in [0.15, 0.2) is 4.34 Å². The van der Waals surface area contributed by atoms with Gasteiger partial charge in [0, 0.05) is 24.8 Å². The fourth-order valence-electron chi connectivity index (χ4n) is 3.63. The normalized spacial score (nSPS) is 15.4. The van der Waals surface area contributed by atoms with E-state index in [1.54, 1.807) is 11.8 Å². The smallest absolute Gasteiger partial charge is 0.229 e. The minimum atomic E-state index is -3.40. The number of thioether (sulfide) groups is 1. The zero-order chi connectivity index (χ0) is 23.3. The Bertz CT molecular complexity index is 1170. The maximum Gasteiger partial charge on any atom is 0.229 e. The van der Waals surface area contributed by atoms with E-state index in [1.165, 1.54) is 21.2 Å². The van der Waals surface area contributed by atoms with Crippen molar-refractivity contribution in [1.82, 2.24) is 14.5 Å². The van der Waals surface area contributed by atoms with Crippen molar-refractivity contribution in [1.29, 1.82) is 0 Å². The van der Waals surface area contributed by atoms with Crippen molar-refractivity contribution in [3.63, 3.8) is 0 Å². The third-order valence-corrected chi connectivity index (χ3v) is 9.42. The highest BCUT2D eigenvalue weighted by Crippen LogP contribution is 2.29. The van der Waals surface area contributed by atoms with Crippen LogP contribution in [0.4, 0.5) is 5.13 Å². The van der Waals surface area contributed by atoms with Crippen LogP contribution in [0, 0.1) is 12.8 Å². The maximum absolute atomic E-state index is 12.8. The van der Waals surface area contributed by atoms with Crippen molar-refractivity contribution in [3.8, 4) is 0 Å². The van der Waals surface area contributed by atoms with Gasteiger partial charge in [0.05, 0.1) is 5.75 Å².